The van der Waals surface area contributed by atoms with E-state index in [1.807, 2.05) is 43.3 Å². The van der Waals surface area contributed by atoms with Crippen LogP contribution in [0.2, 0.25) is 0 Å². The fourth-order valence-corrected chi connectivity index (χ4v) is 4.45. The molecule has 1 saturated heterocycles. The highest BCUT2D eigenvalue weighted by molar-refractivity contribution is 5.81. The van der Waals surface area contributed by atoms with Crippen LogP contribution in [0.15, 0.2) is 48.5 Å². The third-order valence-electron chi connectivity index (χ3n) is 5.91. The number of amides is 1. The topological polar surface area (TPSA) is 76.1 Å². The molecule has 1 N–H and O–H groups in total. The smallest absolute Gasteiger partial charge is 0.410 e. The van der Waals surface area contributed by atoms with Gasteiger partial charge in [-0.2, -0.15) is 0 Å². The predicted octanol–water partition coefficient (Wildman–Crippen LogP) is 3.89. The molecule has 3 atom stereocenters. The van der Waals surface area contributed by atoms with Crippen molar-refractivity contribution in [2.24, 2.45) is 0 Å². The summed E-state index contributed by atoms with van der Waals surface area (Å²) >= 11 is 0. The number of aliphatic carboxylic acids is 1. The Balaban J connectivity index is 1.48. The molecule has 6 nitrogen and oxygen atoms in total. The summed E-state index contributed by atoms with van der Waals surface area (Å²) in [5.74, 6) is -1.15. The van der Waals surface area contributed by atoms with Crippen molar-refractivity contribution < 1.29 is 24.2 Å². The maximum atomic E-state index is 12.7. The van der Waals surface area contributed by atoms with Gasteiger partial charge in [0.25, 0.3) is 0 Å². The lowest BCUT2D eigenvalue weighted by atomic mass is 9.98. The van der Waals surface area contributed by atoms with Crippen LogP contribution in [0.5, 0.6) is 0 Å². The first-order valence-electron chi connectivity index (χ1n) is 9.93. The number of rotatable bonds is 5. The van der Waals surface area contributed by atoms with Crippen molar-refractivity contribution in [1.29, 1.82) is 0 Å². The van der Waals surface area contributed by atoms with E-state index < -0.39 is 24.2 Å². The van der Waals surface area contributed by atoms with Crippen molar-refractivity contribution in [3.63, 3.8) is 0 Å². The molecule has 3 unspecified atom stereocenters. The Morgan fingerprint density at radius 1 is 1.10 bits per heavy atom. The van der Waals surface area contributed by atoms with Crippen molar-refractivity contribution in [3.05, 3.63) is 59.7 Å². The molecule has 1 heterocycles. The fraction of sp³-hybridized carbons (Fsp3) is 0.391. The number of benzene rings is 2. The molecule has 4 rings (SSSR count). The number of likely N-dealkylation sites (N-methyl/N-ethyl adjacent to an activating group) is 1. The monoisotopic (exact) mass is 395 g/mol. The molecule has 0 aromatic heterocycles. The molecule has 29 heavy (non-hydrogen) atoms. The lowest BCUT2D eigenvalue weighted by Crippen LogP contribution is -2.50. The van der Waals surface area contributed by atoms with Crippen LogP contribution in [0.1, 0.15) is 36.8 Å². The van der Waals surface area contributed by atoms with E-state index in [2.05, 4.69) is 12.1 Å². The number of carbonyl (C=O) groups is 2. The highest BCUT2D eigenvalue weighted by Crippen LogP contribution is 2.44. The first-order valence-corrected chi connectivity index (χ1v) is 9.93. The number of carboxylic acids is 1. The van der Waals surface area contributed by atoms with E-state index in [0.717, 1.165) is 33.6 Å². The predicted molar refractivity (Wildman–Crippen MR) is 108 cm³/mol. The molecular formula is C23H25NO5. The van der Waals surface area contributed by atoms with Gasteiger partial charge in [0.1, 0.15) is 6.61 Å². The molecule has 0 bridgehead atoms. The van der Waals surface area contributed by atoms with Gasteiger partial charge in [0.05, 0.1) is 12.2 Å². The molecule has 2 aliphatic rings. The Hall–Kier alpha value is -2.86. The average Bonchev–Trinajstić information content (AvgIpc) is 3.27. The van der Waals surface area contributed by atoms with Gasteiger partial charge in [0, 0.05) is 13.0 Å². The van der Waals surface area contributed by atoms with Crippen LogP contribution in [-0.2, 0) is 14.3 Å². The zero-order chi connectivity index (χ0) is 20.5. The summed E-state index contributed by atoms with van der Waals surface area (Å²) in [5.41, 5.74) is 4.53. The number of carbonyl (C=O) groups excluding carboxylic acids is 1. The summed E-state index contributed by atoms with van der Waals surface area (Å²) in [6.45, 7) is 2.07. The summed E-state index contributed by atoms with van der Waals surface area (Å²) in [4.78, 5) is 25.6. The van der Waals surface area contributed by atoms with Crippen LogP contribution in [0.3, 0.4) is 0 Å². The minimum atomic E-state index is -1.08. The van der Waals surface area contributed by atoms with Crippen LogP contribution >= 0.6 is 0 Å². The van der Waals surface area contributed by atoms with Gasteiger partial charge in [-0.05, 0) is 42.0 Å². The minimum absolute atomic E-state index is 0.00207. The van der Waals surface area contributed by atoms with Gasteiger partial charge < -0.3 is 14.6 Å². The van der Waals surface area contributed by atoms with Crippen molar-refractivity contribution in [2.75, 3.05) is 13.7 Å². The molecule has 152 valence electrons. The second-order valence-electron chi connectivity index (χ2n) is 7.76. The summed E-state index contributed by atoms with van der Waals surface area (Å²) in [5, 5.41) is 9.65. The van der Waals surface area contributed by atoms with E-state index >= 15 is 0 Å². The number of hydrogen-bond acceptors (Lipinski definition) is 4. The molecular weight excluding hydrogens is 370 g/mol. The first-order chi connectivity index (χ1) is 14.0. The molecule has 0 spiro atoms. The second kappa shape index (κ2) is 7.87. The van der Waals surface area contributed by atoms with Crippen LogP contribution in [-0.4, -0.2) is 54.0 Å². The van der Waals surface area contributed by atoms with Crippen molar-refractivity contribution in [3.8, 4) is 11.1 Å². The van der Waals surface area contributed by atoms with Crippen LogP contribution < -0.4 is 0 Å². The number of carboxylic acid groups (broad SMARTS) is 1. The largest absolute Gasteiger partial charge is 0.480 e. The molecule has 0 radical (unpaired) electrons. The summed E-state index contributed by atoms with van der Waals surface area (Å²) in [7, 11) is 1.46. The van der Waals surface area contributed by atoms with Gasteiger partial charge in [-0.25, -0.2) is 9.59 Å². The number of ether oxygens (including phenoxy) is 2. The van der Waals surface area contributed by atoms with Crippen LogP contribution in [0, 0.1) is 0 Å². The highest BCUT2D eigenvalue weighted by atomic mass is 16.6. The molecule has 1 amide bonds. The molecule has 2 aromatic rings. The third-order valence-corrected chi connectivity index (χ3v) is 5.91. The SMILES string of the molecule is CC1CCC(C(C(=O)O)N(C)C(=O)OCC2c3ccccc3-c3ccccc32)O1. The summed E-state index contributed by atoms with van der Waals surface area (Å²) in [6, 6.07) is 15.1. The van der Waals surface area contributed by atoms with Crippen LogP contribution in [0.25, 0.3) is 11.1 Å². The molecule has 1 aliphatic heterocycles. The quantitative estimate of drug-likeness (QED) is 0.831. The van der Waals surface area contributed by atoms with Gasteiger partial charge in [-0.3, -0.25) is 4.90 Å². The maximum absolute atomic E-state index is 12.7. The normalized spacial score (nSPS) is 21.3. The van der Waals surface area contributed by atoms with Crippen molar-refractivity contribution in [2.45, 2.75) is 43.9 Å². The summed E-state index contributed by atoms with van der Waals surface area (Å²) in [6.07, 6.45) is 0.222. The van der Waals surface area contributed by atoms with Crippen LogP contribution in [0.4, 0.5) is 4.79 Å². The van der Waals surface area contributed by atoms with Gasteiger partial charge >= 0.3 is 12.1 Å². The highest BCUT2D eigenvalue weighted by Gasteiger charge is 2.40. The number of hydrogen-bond donors (Lipinski definition) is 1. The maximum Gasteiger partial charge on any atom is 0.410 e. The fourth-order valence-electron chi connectivity index (χ4n) is 4.45. The molecule has 6 heteroatoms. The second-order valence-corrected chi connectivity index (χ2v) is 7.76. The standard InChI is InChI=1S/C23H25NO5/c1-14-11-12-20(29-14)21(22(25)26)24(2)23(27)28-13-19-17-9-5-3-7-15(17)16-8-4-6-10-18(16)19/h3-10,14,19-21H,11-13H2,1-2H3,(H,25,26). The van der Waals surface area contributed by atoms with E-state index in [1.165, 1.54) is 7.05 Å². The van der Waals surface area contributed by atoms with E-state index in [-0.39, 0.29) is 18.6 Å². The third kappa shape index (κ3) is 3.60. The molecule has 1 fully saturated rings. The first kappa shape index (κ1) is 19.5. The van der Waals surface area contributed by atoms with Gasteiger partial charge in [-0.15, -0.1) is 0 Å². The van der Waals surface area contributed by atoms with Gasteiger partial charge in [-0.1, -0.05) is 48.5 Å². The van der Waals surface area contributed by atoms with Gasteiger partial charge in [0.15, 0.2) is 6.04 Å². The Morgan fingerprint density at radius 3 is 2.21 bits per heavy atom. The number of nitrogens with zero attached hydrogens (tertiary/aromatic N) is 1. The Bertz CT molecular complexity index is 881. The summed E-state index contributed by atoms with van der Waals surface area (Å²) < 4.78 is 11.3. The lowest BCUT2D eigenvalue weighted by Gasteiger charge is -2.29. The van der Waals surface area contributed by atoms with Crippen molar-refractivity contribution in [1.82, 2.24) is 4.90 Å². The molecule has 1 aliphatic carbocycles. The van der Waals surface area contributed by atoms with Gasteiger partial charge in [0.2, 0.25) is 0 Å². The minimum Gasteiger partial charge on any atom is -0.480 e. The van der Waals surface area contributed by atoms with E-state index in [1.54, 1.807) is 0 Å². The zero-order valence-corrected chi connectivity index (χ0v) is 16.6. The van der Waals surface area contributed by atoms with E-state index in [9.17, 15) is 14.7 Å². The number of fused-ring (bicyclic) bond motifs is 3. The lowest BCUT2D eigenvalue weighted by molar-refractivity contribution is -0.147. The molecule has 0 saturated carbocycles. The Morgan fingerprint density at radius 2 is 1.69 bits per heavy atom. The average molecular weight is 395 g/mol. The zero-order valence-electron chi connectivity index (χ0n) is 16.6. The van der Waals surface area contributed by atoms with E-state index in [4.69, 9.17) is 9.47 Å². The van der Waals surface area contributed by atoms with E-state index in [0.29, 0.717) is 6.42 Å². The Labute approximate surface area is 170 Å². The van der Waals surface area contributed by atoms with Crippen molar-refractivity contribution >= 4 is 12.1 Å². The Kier molecular flexibility index (Phi) is 5.28. The molecule has 2 aromatic carbocycles.